The Hall–Kier alpha value is -4.26. The van der Waals surface area contributed by atoms with Gasteiger partial charge in [-0.05, 0) is 72.9 Å². The number of nitrogens with zero attached hydrogens (tertiary/aromatic N) is 1. The fraction of sp³-hybridized carbons (Fsp3) is 0.333. The van der Waals surface area contributed by atoms with Crippen LogP contribution in [0.1, 0.15) is 62.9 Å². The summed E-state index contributed by atoms with van der Waals surface area (Å²) < 4.78 is 16.8. The van der Waals surface area contributed by atoms with Crippen LogP contribution in [0.25, 0.3) is 5.76 Å². The molecule has 1 heterocycles. The summed E-state index contributed by atoms with van der Waals surface area (Å²) in [4.78, 5) is 28.6. The quantitative estimate of drug-likeness (QED) is 0.201. The smallest absolute Gasteiger partial charge is 0.295 e. The monoisotopic (exact) mass is 543 g/mol. The molecule has 0 saturated carbocycles. The van der Waals surface area contributed by atoms with Gasteiger partial charge in [-0.1, -0.05) is 45.0 Å². The van der Waals surface area contributed by atoms with Gasteiger partial charge in [0.1, 0.15) is 23.0 Å². The summed E-state index contributed by atoms with van der Waals surface area (Å²) in [6.07, 6.45) is -0.0104. The summed E-state index contributed by atoms with van der Waals surface area (Å²) in [6.45, 7) is 10.2. The second-order valence-electron chi connectivity index (χ2n) is 11.2. The second kappa shape index (κ2) is 11.5. The fourth-order valence-electron chi connectivity index (χ4n) is 4.98. The van der Waals surface area contributed by atoms with Crippen molar-refractivity contribution in [1.82, 2.24) is 4.90 Å². The van der Waals surface area contributed by atoms with Gasteiger partial charge in [-0.2, -0.15) is 0 Å². The predicted molar refractivity (Wildman–Crippen MR) is 155 cm³/mol. The van der Waals surface area contributed by atoms with Crippen LogP contribution in [-0.4, -0.2) is 42.0 Å². The molecule has 1 atom stereocenters. The number of aliphatic hydroxyl groups excluding tert-OH is 1. The van der Waals surface area contributed by atoms with E-state index in [1.807, 2.05) is 71.0 Å². The number of hydrogen-bond donors (Lipinski definition) is 1. The van der Waals surface area contributed by atoms with E-state index >= 15 is 0 Å². The van der Waals surface area contributed by atoms with Crippen LogP contribution in [0.5, 0.6) is 17.2 Å². The summed E-state index contributed by atoms with van der Waals surface area (Å²) in [7, 11) is 3.15. The first-order chi connectivity index (χ1) is 18.9. The Bertz CT molecular complexity index is 1450. The number of carbonyl (C=O) groups excluding carboxylic acids is 2. The Kier molecular flexibility index (Phi) is 8.24. The normalized spacial score (nSPS) is 16.9. The zero-order valence-corrected chi connectivity index (χ0v) is 24.1. The molecule has 1 saturated heterocycles. The Labute approximate surface area is 236 Å². The van der Waals surface area contributed by atoms with E-state index in [0.29, 0.717) is 28.4 Å². The highest BCUT2D eigenvalue weighted by Gasteiger charge is 2.46. The van der Waals surface area contributed by atoms with Crippen LogP contribution in [0.15, 0.2) is 72.3 Å². The summed E-state index contributed by atoms with van der Waals surface area (Å²) in [6, 6.07) is 19.1. The minimum Gasteiger partial charge on any atom is -0.507 e. The maximum Gasteiger partial charge on any atom is 0.295 e. The first-order valence-corrected chi connectivity index (χ1v) is 13.3. The molecule has 1 aliphatic rings. The summed E-state index contributed by atoms with van der Waals surface area (Å²) in [5.74, 6) is 0.267. The van der Waals surface area contributed by atoms with E-state index in [2.05, 4.69) is 0 Å². The number of rotatable bonds is 8. The summed E-state index contributed by atoms with van der Waals surface area (Å²) in [5, 5.41) is 11.6. The highest BCUT2D eigenvalue weighted by molar-refractivity contribution is 6.46. The van der Waals surface area contributed by atoms with E-state index in [4.69, 9.17) is 14.2 Å². The summed E-state index contributed by atoms with van der Waals surface area (Å²) >= 11 is 0. The van der Waals surface area contributed by atoms with Gasteiger partial charge < -0.3 is 24.2 Å². The minimum absolute atomic E-state index is 0.0104. The standard InChI is InChI=1S/C33H37NO6/c1-20(2)40-25-13-8-10-21(16-25)19-34-29(22-11-9-12-24(17-22)38-6)28(31(36)32(34)37)30(35)23-14-15-27(39-7)26(18-23)33(3,4)5/h8-18,20,29,35H,19H2,1-7H3/b30-28-. The van der Waals surface area contributed by atoms with Crippen molar-refractivity contribution in [3.63, 3.8) is 0 Å². The lowest BCUT2D eigenvalue weighted by atomic mass is 9.84. The van der Waals surface area contributed by atoms with Crippen LogP contribution in [0.4, 0.5) is 0 Å². The highest BCUT2D eigenvalue weighted by Crippen LogP contribution is 2.42. The third kappa shape index (κ3) is 5.83. The van der Waals surface area contributed by atoms with Crippen molar-refractivity contribution in [2.75, 3.05) is 14.2 Å². The Morgan fingerprint density at radius 2 is 1.62 bits per heavy atom. The van der Waals surface area contributed by atoms with Gasteiger partial charge in [-0.25, -0.2) is 0 Å². The molecule has 3 aromatic carbocycles. The average Bonchev–Trinajstić information content (AvgIpc) is 3.16. The SMILES string of the molecule is COc1cccc(C2/C(=C(/O)c3ccc(OC)c(C(C)(C)C)c3)C(=O)C(=O)N2Cc2cccc(OC(C)C)c2)c1. The zero-order valence-electron chi connectivity index (χ0n) is 24.1. The molecular weight excluding hydrogens is 506 g/mol. The van der Waals surface area contributed by atoms with Crippen molar-refractivity contribution in [3.05, 3.63) is 94.6 Å². The molecule has 0 radical (unpaired) electrons. The molecular formula is C33H37NO6. The van der Waals surface area contributed by atoms with Gasteiger partial charge in [0.2, 0.25) is 0 Å². The molecule has 1 unspecified atom stereocenters. The molecule has 1 amide bonds. The molecule has 0 aromatic heterocycles. The van der Waals surface area contributed by atoms with Crippen LogP contribution in [-0.2, 0) is 21.5 Å². The van der Waals surface area contributed by atoms with Crippen molar-refractivity contribution < 1.29 is 28.9 Å². The molecule has 3 aromatic rings. The number of Topliss-reactive ketones (excluding diaryl/α,β-unsaturated/α-hetero) is 1. The van der Waals surface area contributed by atoms with E-state index in [9.17, 15) is 14.7 Å². The molecule has 1 N–H and O–H groups in total. The van der Waals surface area contributed by atoms with E-state index in [1.54, 1.807) is 44.6 Å². The number of ketones is 1. The van der Waals surface area contributed by atoms with Crippen molar-refractivity contribution >= 4 is 17.4 Å². The number of aliphatic hydroxyl groups is 1. The number of amides is 1. The third-order valence-corrected chi connectivity index (χ3v) is 6.85. The largest absolute Gasteiger partial charge is 0.507 e. The molecule has 1 aliphatic heterocycles. The molecule has 40 heavy (non-hydrogen) atoms. The van der Waals surface area contributed by atoms with E-state index < -0.39 is 17.7 Å². The maximum absolute atomic E-state index is 13.6. The molecule has 0 spiro atoms. The Balaban J connectivity index is 1.87. The Morgan fingerprint density at radius 3 is 2.27 bits per heavy atom. The number of carbonyl (C=O) groups is 2. The lowest BCUT2D eigenvalue weighted by Gasteiger charge is -2.26. The molecule has 210 valence electrons. The van der Waals surface area contributed by atoms with Crippen molar-refractivity contribution in [1.29, 1.82) is 0 Å². The third-order valence-electron chi connectivity index (χ3n) is 6.85. The minimum atomic E-state index is -0.829. The van der Waals surface area contributed by atoms with Gasteiger partial charge in [-0.15, -0.1) is 0 Å². The number of hydrogen-bond acceptors (Lipinski definition) is 6. The van der Waals surface area contributed by atoms with Gasteiger partial charge in [0.25, 0.3) is 11.7 Å². The first-order valence-electron chi connectivity index (χ1n) is 13.3. The van der Waals surface area contributed by atoms with Crippen LogP contribution < -0.4 is 14.2 Å². The van der Waals surface area contributed by atoms with E-state index in [0.717, 1.165) is 11.1 Å². The molecule has 4 rings (SSSR count). The van der Waals surface area contributed by atoms with Gasteiger partial charge >= 0.3 is 0 Å². The van der Waals surface area contributed by atoms with Gasteiger partial charge in [0.05, 0.1) is 31.9 Å². The second-order valence-corrected chi connectivity index (χ2v) is 11.2. The average molecular weight is 544 g/mol. The van der Waals surface area contributed by atoms with Gasteiger partial charge in [-0.3, -0.25) is 9.59 Å². The van der Waals surface area contributed by atoms with Gasteiger partial charge in [0.15, 0.2) is 0 Å². The highest BCUT2D eigenvalue weighted by atomic mass is 16.5. The number of ether oxygens (including phenoxy) is 3. The zero-order chi connectivity index (χ0) is 29.2. The molecule has 1 fully saturated rings. The van der Waals surface area contributed by atoms with E-state index in [-0.39, 0.29) is 29.4 Å². The van der Waals surface area contributed by atoms with Crippen molar-refractivity contribution in [2.24, 2.45) is 0 Å². The van der Waals surface area contributed by atoms with Crippen molar-refractivity contribution in [3.8, 4) is 17.2 Å². The lowest BCUT2D eigenvalue weighted by molar-refractivity contribution is -0.140. The van der Waals surface area contributed by atoms with Crippen LogP contribution in [0.2, 0.25) is 0 Å². The number of benzene rings is 3. The van der Waals surface area contributed by atoms with Gasteiger partial charge in [0, 0.05) is 17.7 Å². The van der Waals surface area contributed by atoms with Crippen LogP contribution >= 0.6 is 0 Å². The number of methoxy groups -OCH3 is 2. The first kappa shape index (κ1) is 28.7. The molecule has 0 bridgehead atoms. The molecule has 0 aliphatic carbocycles. The molecule has 7 nitrogen and oxygen atoms in total. The number of likely N-dealkylation sites (tertiary alicyclic amines) is 1. The van der Waals surface area contributed by atoms with Crippen LogP contribution in [0.3, 0.4) is 0 Å². The summed E-state index contributed by atoms with van der Waals surface area (Å²) in [5.41, 5.74) is 2.49. The van der Waals surface area contributed by atoms with Crippen LogP contribution in [0, 0.1) is 0 Å². The predicted octanol–water partition coefficient (Wildman–Crippen LogP) is 6.41. The topological polar surface area (TPSA) is 85.3 Å². The maximum atomic E-state index is 13.6. The Morgan fingerprint density at radius 1 is 0.925 bits per heavy atom. The lowest BCUT2D eigenvalue weighted by Crippen LogP contribution is -2.29. The molecule has 7 heteroatoms. The van der Waals surface area contributed by atoms with Crippen molar-refractivity contribution in [2.45, 2.75) is 58.7 Å². The van der Waals surface area contributed by atoms with E-state index in [1.165, 1.54) is 4.90 Å². The fourth-order valence-corrected chi connectivity index (χ4v) is 4.98.